The first-order chi connectivity index (χ1) is 13.3. The van der Waals surface area contributed by atoms with Crippen LogP contribution in [-0.4, -0.2) is 31.0 Å². The first-order valence-electron chi connectivity index (χ1n) is 7.73. The lowest BCUT2D eigenvalue weighted by Crippen LogP contribution is -2.27. The number of hydrogen-bond donors (Lipinski definition) is 1. The number of nitrogens with zero attached hydrogens (tertiary/aromatic N) is 3. The van der Waals surface area contributed by atoms with E-state index in [0.717, 1.165) is 22.6 Å². The molecule has 1 N–H and O–H groups in total. The molecule has 0 aliphatic carbocycles. The predicted molar refractivity (Wildman–Crippen MR) is 99.4 cm³/mol. The van der Waals surface area contributed by atoms with Gasteiger partial charge in [-0.1, -0.05) is 30.3 Å². The second kappa shape index (κ2) is 7.48. The Morgan fingerprint density at radius 2 is 1.75 bits per heavy atom. The zero-order valence-corrected chi connectivity index (χ0v) is 14.8. The van der Waals surface area contributed by atoms with Gasteiger partial charge in [-0.15, -0.1) is 0 Å². The van der Waals surface area contributed by atoms with Crippen molar-refractivity contribution < 1.29 is 24.5 Å². The van der Waals surface area contributed by atoms with Crippen LogP contribution in [0.4, 0.5) is 16.2 Å². The molecule has 0 atom stereocenters. The lowest BCUT2D eigenvalue weighted by Gasteiger charge is -2.12. The van der Waals surface area contributed by atoms with E-state index >= 15 is 0 Å². The quantitative estimate of drug-likeness (QED) is 0.456. The maximum absolute atomic E-state index is 12.5. The Balaban J connectivity index is 1.98. The molecule has 2 aromatic carbocycles. The van der Waals surface area contributed by atoms with Crippen molar-refractivity contribution in [3.8, 4) is 5.75 Å². The molecule has 142 valence electrons. The average Bonchev–Trinajstić information content (AvgIpc) is 2.91. The molecule has 0 radical (unpaired) electrons. The maximum atomic E-state index is 12.5. The summed E-state index contributed by atoms with van der Waals surface area (Å²) in [6.07, 6.45) is 1.03. The summed E-state index contributed by atoms with van der Waals surface area (Å²) in [7, 11) is 0. The first-order valence-corrected chi connectivity index (χ1v) is 8.54. The number of rotatable bonds is 5. The van der Waals surface area contributed by atoms with Crippen LogP contribution in [0.2, 0.25) is 0 Å². The van der Waals surface area contributed by atoms with Crippen LogP contribution in [0.1, 0.15) is 11.1 Å². The van der Waals surface area contributed by atoms with Crippen LogP contribution >= 0.6 is 11.8 Å². The number of phenolic OH excluding ortho intramolecular Hbond substituents is 1. The van der Waals surface area contributed by atoms with Crippen LogP contribution in [0.15, 0.2) is 47.4 Å². The number of benzene rings is 2. The Morgan fingerprint density at radius 1 is 1.07 bits per heavy atom. The van der Waals surface area contributed by atoms with E-state index in [4.69, 9.17) is 0 Å². The number of hydrogen-bond acceptors (Lipinski definition) is 8. The number of aromatic hydroxyl groups is 1. The monoisotopic (exact) mass is 401 g/mol. The molecule has 1 heterocycles. The molecule has 11 heteroatoms. The van der Waals surface area contributed by atoms with E-state index in [1.165, 1.54) is 0 Å². The minimum absolute atomic E-state index is 0.0317. The fraction of sp³-hybridized carbons (Fsp3) is 0.0588. The van der Waals surface area contributed by atoms with Crippen molar-refractivity contribution in [2.75, 3.05) is 0 Å². The van der Waals surface area contributed by atoms with Gasteiger partial charge in [-0.2, -0.15) is 0 Å². The van der Waals surface area contributed by atoms with Crippen molar-refractivity contribution in [2.45, 2.75) is 6.54 Å². The van der Waals surface area contributed by atoms with Crippen LogP contribution in [0.3, 0.4) is 0 Å². The largest absolute Gasteiger partial charge is 0.502 e. The third-order valence-electron chi connectivity index (χ3n) is 3.86. The molecule has 0 bridgehead atoms. The fourth-order valence-electron chi connectivity index (χ4n) is 2.52. The number of nitro benzene ring substituents is 2. The van der Waals surface area contributed by atoms with Gasteiger partial charge in [0.2, 0.25) is 5.75 Å². The molecule has 1 saturated heterocycles. The van der Waals surface area contributed by atoms with E-state index in [1.807, 2.05) is 0 Å². The highest BCUT2D eigenvalue weighted by Gasteiger charge is 2.35. The molecule has 10 nitrogen and oxygen atoms in total. The minimum atomic E-state index is -0.971. The van der Waals surface area contributed by atoms with Gasteiger partial charge in [0.05, 0.1) is 27.4 Å². The summed E-state index contributed by atoms with van der Waals surface area (Å²) >= 11 is 0.581. The normalized spacial score (nSPS) is 15.3. The molecule has 0 unspecified atom stereocenters. The van der Waals surface area contributed by atoms with Crippen LogP contribution in [0, 0.1) is 20.2 Å². The van der Waals surface area contributed by atoms with Crippen molar-refractivity contribution in [1.82, 2.24) is 4.90 Å². The van der Waals surface area contributed by atoms with Gasteiger partial charge >= 0.3 is 5.69 Å². The number of thioether (sulfide) groups is 1. The molecule has 1 fully saturated rings. The number of nitro groups is 2. The SMILES string of the molecule is O=C1S/C(=C\c2cc([N+](=O)[O-])cc([N+](=O)[O-])c2O)C(=O)N1Cc1ccccc1. The van der Waals surface area contributed by atoms with E-state index in [2.05, 4.69) is 0 Å². The molecule has 0 aromatic heterocycles. The van der Waals surface area contributed by atoms with Gasteiger partial charge in [0.15, 0.2) is 0 Å². The number of carbonyl (C=O) groups is 2. The summed E-state index contributed by atoms with van der Waals surface area (Å²) in [6, 6.07) is 10.3. The highest BCUT2D eigenvalue weighted by atomic mass is 32.2. The van der Waals surface area contributed by atoms with Gasteiger partial charge in [0.25, 0.3) is 16.8 Å². The zero-order chi connectivity index (χ0) is 20.4. The van der Waals surface area contributed by atoms with Crippen molar-refractivity contribution in [1.29, 1.82) is 0 Å². The summed E-state index contributed by atoms with van der Waals surface area (Å²) < 4.78 is 0. The lowest BCUT2D eigenvalue weighted by atomic mass is 10.1. The van der Waals surface area contributed by atoms with Crippen LogP contribution in [-0.2, 0) is 11.3 Å². The fourth-order valence-corrected chi connectivity index (χ4v) is 3.35. The number of phenols is 1. The van der Waals surface area contributed by atoms with E-state index in [0.29, 0.717) is 17.8 Å². The molecule has 3 rings (SSSR count). The van der Waals surface area contributed by atoms with E-state index < -0.39 is 38.1 Å². The van der Waals surface area contributed by atoms with Crippen molar-refractivity contribution in [3.63, 3.8) is 0 Å². The molecule has 0 saturated carbocycles. The van der Waals surface area contributed by atoms with Crippen LogP contribution in [0.5, 0.6) is 5.75 Å². The van der Waals surface area contributed by atoms with Crippen LogP contribution in [0.25, 0.3) is 6.08 Å². The second-order valence-corrected chi connectivity index (χ2v) is 6.66. The Bertz CT molecular complexity index is 1040. The van der Waals surface area contributed by atoms with Crippen molar-refractivity contribution in [2.24, 2.45) is 0 Å². The van der Waals surface area contributed by atoms with E-state index in [-0.39, 0.29) is 17.0 Å². The molecule has 2 aromatic rings. The second-order valence-electron chi connectivity index (χ2n) is 5.67. The highest BCUT2D eigenvalue weighted by molar-refractivity contribution is 8.18. The third-order valence-corrected chi connectivity index (χ3v) is 4.76. The predicted octanol–water partition coefficient (Wildman–Crippen LogP) is 3.45. The van der Waals surface area contributed by atoms with Crippen molar-refractivity contribution >= 4 is 40.4 Å². The summed E-state index contributed by atoms with van der Waals surface area (Å²) in [6.45, 7) is 0.0317. The van der Waals surface area contributed by atoms with Crippen molar-refractivity contribution in [3.05, 3.63) is 78.7 Å². The Morgan fingerprint density at radius 3 is 2.36 bits per heavy atom. The zero-order valence-electron chi connectivity index (χ0n) is 14.0. The summed E-state index contributed by atoms with van der Waals surface area (Å²) in [5.41, 5.74) is -1.07. The van der Waals surface area contributed by atoms with Gasteiger partial charge in [-0.05, 0) is 23.4 Å². The third kappa shape index (κ3) is 3.69. The Labute approximate surface area is 161 Å². The molecule has 1 aliphatic rings. The van der Waals surface area contributed by atoms with E-state index in [9.17, 15) is 34.9 Å². The minimum Gasteiger partial charge on any atom is -0.502 e. The standard InChI is InChI=1S/C17H11N3O7S/c21-15-11(6-12(19(24)25)8-13(15)20(26)27)7-14-16(22)18(17(23)28-14)9-10-4-2-1-3-5-10/h1-8,21H,9H2/b14-7-. The average molecular weight is 401 g/mol. The molecular formula is C17H11N3O7S. The molecular weight excluding hydrogens is 390 g/mol. The Kier molecular flexibility index (Phi) is 5.09. The lowest BCUT2D eigenvalue weighted by molar-refractivity contribution is -0.394. The summed E-state index contributed by atoms with van der Waals surface area (Å²) in [5, 5.41) is 31.5. The molecule has 28 heavy (non-hydrogen) atoms. The molecule has 2 amide bonds. The van der Waals surface area contributed by atoms with Gasteiger partial charge < -0.3 is 5.11 Å². The number of non-ortho nitro benzene ring substituents is 1. The smallest absolute Gasteiger partial charge is 0.318 e. The number of carbonyl (C=O) groups excluding carboxylic acids is 2. The Hall–Kier alpha value is -3.73. The maximum Gasteiger partial charge on any atom is 0.318 e. The molecule has 0 spiro atoms. The summed E-state index contributed by atoms with van der Waals surface area (Å²) in [5.74, 6) is -1.49. The topological polar surface area (TPSA) is 144 Å². The summed E-state index contributed by atoms with van der Waals surface area (Å²) in [4.78, 5) is 45.8. The first kappa shape index (κ1) is 19.0. The number of amides is 2. The van der Waals surface area contributed by atoms with E-state index in [1.54, 1.807) is 30.3 Å². The van der Waals surface area contributed by atoms with Gasteiger partial charge in [-0.25, -0.2) is 0 Å². The van der Waals surface area contributed by atoms with Gasteiger partial charge in [-0.3, -0.25) is 34.7 Å². The highest BCUT2D eigenvalue weighted by Crippen LogP contribution is 2.39. The van der Waals surface area contributed by atoms with Gasteiger partial charge in [0, 0.05) is 11.6 Å². The van der Waals surface area contributed by atoms with Crippen LogP contribution < -0.4 is 0 Å². The number of imide groups is 1. The molecule has 1 aliphatic heterocycles. The van der Waals surface area contributed by atoms with Gasteiger partial charge in [0.1, 0.15) is 0 Å².